The van der Waals surface area contributed by atoms with Crippen LogP contribution in [0.5, 0.6) is 0 Å². The number of benzene rings is 19. The second kappa shape index (κ2) is 31.9. The van der Waals surface area contributed by atoms with Crippen molar-refractivity contribution in [3.8, 4) is 111 Å². The number of aromatic amines is 2. The van der Waals surface area contributed by atoms with Gasteiger partial charge in [0.2, 0.25) is 0 Å². The van der Waals surface area contributed by atoms with E-state index >= 15 is 0 Å². The van der Waals surface area contributed by atoms with Crippen molar-refractivity contribution in [1.29, 1.82) is 0 Å². The molecule has 148 heavy (non-hydrogen) atoms. The number of aromatic nitrogens is 10. The molecule has 2 N–H and O–H groups in total. The number of hydrogen-bond donors (Lipinski definition) is 2. The Morgan fingerprint density at radius 2 is 0.547 bits per heavy atom. The zero-order valence-corrected chi connectivity index (χ0v) is 80.6. The van der Waals surface area contributed by atoms with Crippen molar-refractivity contribution in [3.05, 3.63) is 497 Å². The molecule has 0 saturated heterocycles. The summed E-state index contributed by atoms with van der Waals surface area (Å²) in [6.45, 7) is 0. The van der Waals surface area contributed by atoms with E-state index < -0.39 is 0 Å². The summed E-state index contributed by atoms with van der Waals surface area (Å²) in [7, 11) is 0. The molecule has 4 aliphatic rings. The number of hydrogen-bond acceptors (Lipinski definition) is 2. The van der Waals surface area contributed by atoms with Gasteiger partial charge in [-0.3, -0.25) is 22.3 Å². The van der Waals surface area contributed by atoms with Gasteiger partial charge in [-0.1, -0.05) is 370 Å². The molecule has 0 unspecified atom stereocenters. The van der Waals surface area contributed by atoms with E-state index in [1.165, 1.54) is 274 Å². The molecule has 12 heteroatoms. The number of nitrogens with zero attached hydrogens (tertiary/aromatic N) is 8. The van der Waals surface area contributed by atoms with Crippen LogP contribution < -0.4 is 0 Å². The Morgan fingerprint density at radius 1 is 0.209 bits per heavy atom. The normalized spacial score (nSPS) is 12.2. The van der Waals surface area contributed by atoms with Crippen molar-refractivity contribution in [2.45, 2.75) is 0 Å². The average molecular weight is 1910 g/mol. The summed E-state index contributed by atoms with van der Waals surface area (Å²) >= 11 is 1.82. The molecule has 37 rings (SSSR count). The Kier molecular flexibility index (Phi) is 17.7. The van der Waals surface area contributed by atoms with Gasteiger partial charge in [0.25, 0.3) is 0 Å². The minimum Gasteiger partial charge on any atom is -0.462 e. The molecular formula is C136H84N10OS. The van der Waals surface area contributed by atoms with Crippen LogP contribution in [0.4, 0.5) is 0 Å². The molecule has 0 bridgehead atoms. The number of para-hydroxylation sites is 15. The molecule has 0 atom stereocenters. The van der Waals surface area contributed by atoms with Crippen LogP contribution in [0.3, 0.4) is 0 Å². The first kappa shape index (κ1) is 82.0. The van der Waals surface area contributed by atoms with Crippen LogP contribution in [0.15, 0.2) is 502 Å². The molecule has 0 amide bonds. The third kappa shape index (κ3) is 11.6. The first-order chi connectivity index (χ1) is 73.6. The lowest BCUT2D eigenvalue weighted by Crippen LogP contribution is -1.94. The number of nitrogens with one attached hydrogen (secondary N) is 2. The standard InChI is InChI=1S/C26H16N2.3C22H14N2.C22H13NO.C22H13NS/c1-4-13-22-17(8-1)16-25-27(22)23-14-5-2-9-18(23)20-11-7-12-21-19-10-3-6-15-24(19)28(25)26(20)21;1-3-11-19-15(7-1)17-9-5-10-18-16-8-2-4-12-20(16)24(22(17)18)21-13-6-14-23(19)21;1-2-7-15-14(6-1)17-9-5-10-18-16-8-3-4-11-20(16)24(22(17)18)21-13-23-12-19(15)21;1-2-7-15-14(6-1)17-9-5-10-18-16-8-3-4-11-20(16)24(21(17)18)22-19(15)12-13-23-22;1-2-8-18-14(6-1)16-9-5-10-17-15-7-3-4-11-19(15)23(21(16)17)20-12-13-24-22(18)20;1-2-7-15-14(6-1)17-9-5-10-18-16-8-3-4-11-20(16)23(21(17)18)22-19(15)12-13-24-22/h1-16H;1-14H;2*1-13,23H;2*1-13H. The van der Waals surface area contributed by atoms with E-state index in [9.17, 15) is 0 Å². The van der Waals surface area contributed by atoms with Gasteiger partial charge in [0.05, 0.1) is 100 Å². The zero-order chi connectivity index (χ0) is 96.6. The largest absolute Gasteiger partial charge is 0.462 e. The molecule has 11 nitrogen and oxygen atoms in total. The molecule has 19 aromatic carbocycles. The van der Waals surface area contributed by atoms with Crippen LogP contribution in [0.1, 0.15) is 0 Å². The Balaban J connectivity index is 0.0000000788. The van der Waals surface area contributed by atoms with E-state index in [4.69, 9.17) is 4.42 Å². The number of thiophene rings is 1. The van der Waals surface area contributed by atoms with E-state index in [1.54, 1.807) is 6.26 Å². The first-order valence-corrected chi connectivity index (χ1v) is 51.5. The summed E-state index contributed by atoms with van der Waals surface area (Å²) in [4.78, 5) is 6.80. The van der Waals surface area contributed by atoms with Crippen LogP contribution in [0.25, 0.3) is 297 Å². The van der Waals surface area contributed by atoms with Gasteiger partial charge in [-0.15, -0.1) is 11.3 Å². The predicted octanol–water partition coefficient (Wildman–Crippen LogP) is 36.5. The van der Waals surface area contributed by atoms with Gasteiger partial charge in [0, 0.05) is 167 Å². The third-order valence-electron chi connectivity index (χ3n) is 31.6. The highest BCUT2D eigenvalue weighted by molar-refractivity contribution is 7.13. The SMILES string of the molecule is c1ccc2c(c1)-c1c[nH]cc1-n1c3ccccc3c3cccc-2c31.c1ccc2c(c1)-c1cc[nH]c1-n1c3ccccc3c3cccc-2c31.c1ccc2c(c1)-c1ccsc1-n1c3ccccc3c3cccc-2c31.c1ccc2c(c1)-c1occc1-n1c3ccccc3c3cccc-2c31.c1ccc2c(c1)c1cccc3c4ccccc4n(c13)c1cccn21.c1ccc2c(c1)cc1n2c2ccccc2c2cccc3c4ccccc4n1c23. The smallest absolute Gasteiger partial charge is 0.158 e. The quantitative estimate of drug-likeness (QED) is 0.156. The van der Waals surface area contributed by atoms with Crippen molar-refractivity contribution in [2.24, 2.45) is 0 Å². The number of fused-ring (bicyclic) bond motifs is 50. The van der Waals surface area contributed by atoms with Crippen molar-refractivity contribution in [1.82, 2.24) is 45.8 Å². The van der Waals surface area contributed by atoms with E-state index in [0.29, 0.717) is 0 Å². The van der Waals surface area contributed by atoms with Gasteiger partial charge in [-0.2, -0.15) is 0 Å². The van der Waals surface area contributed by atoms with E-state index in [0.717, 1.165) is 22.8 Å². The zero-order valence-electron chi connectivity index (χ0n) is 79.7. The molecule has 0 saturated carbocycles. The molecule has 0 fully saturated rings. The lowest BCUT2D eigenvalue weighted by atomic mass is 9.95. The fraction of sp³-hybridized carbons (Fsp3) is 0. The Morgan fingerprint density at radius 3 is 1.05 bits per heavy atom. The monoisotopic (exact) mass is 1900 g/mol. The van der Waals surface area contributed by atoms with E-state index in [1.807, 2.05) is 17.5 Å². The van der Waals surface area contributed by atoms with Crippen molar-refractivity contribution in [2.75, 3.05) is 0 Å². The molecule has 33 aromatic rings. The van der Waals surface area contributed by atoms with Gasteiger partial charge in [0.1, 0.15) is 22.1 Å². The van der Waals surface area contributed by atoms with Crippen LogP contribution >= 0.6 is 11.3 Å². The average Bonchev–Trinajstić information content (AvgIpc) is 1.50. The van der Waals surface area contributed by atoms with Crippen LogP contribution in [0.2, 0.25) is 0 Å². The van der Waals surface area contributed by atoms with Gasteiger partial charge in [-0.05, 0) is 129 Å². The molecule has 690 valence electrons. The molecule has 0 spiro atoms. The highest BCUT2D eigenvalue weighted by Crippen LogP contribution is 2.54. The Labute approximate surface area is 849 Å². The summed E-state index contributed by atoms with van der Waals surface area (Å²) < 4.78 is 25.1. The number of H-pyrrole nitrogens is 2. The van der Waals surface area contributed by atoms with Crippen molar-refractivity contribution >= 4 is 197 Å². The van der Waals surface area contributed by atoms with Crippen molar-refractivity contribution in [3.63, 3.8) is 0 Å². The van der Waals surface area contributed by atoms with Crippen LogP contribution in [-0.2, 0) is 0 Å². The molecule has 4 aliphatic heterocycles. The van der Waals surface area contributed by atoms with E-state index in [-0.39, 0.29) is 0 Å². The number of furan rings is 1. The van der Waals surface area contributed by atoms with Gasteiger partial charge in [-0.25, -0.2) is 0 Å². The maximum atomic E-state index is 5.92. The number of rotatable bonds is 0. The second-order valence-electron chi connectivity index (χ2n) is 38.9. The maximum absolute atomic E-state index is 5.92. The summed E-state index contributed by atoms with van der Waals surface area (Å²) in [5.74, 6) is 2.09. The molecule has 18 heterocycles. The minimum atomic E-state index is 0.935. The predicted molar refractivity (Wildman–Crippen MR) is 619 cm³/mol. The topological polar surface area (TPSA) is 82.1 Å². The highest BCUT2D eigenvalue weighted by atomic mass is 32.1. The summed E-state index contributed by atoms with van der Waals surface area (Å²) in [6.07, 6.45) is 10.2. The Hall–Kier alpha value is -19.7. The van der Waals surface area contributed by atoms with Crippen LogP contribution in [0, 0.1) is 0 Å². The molecule has 0 aliphatic carbocycles. The fourth-order valence-electron chi connectivity index (χ4n) is 25.6. The highest BCUT2D eigenvalue weighted by Gasteiger charge is 2.32. The lowest BCUT2D eigenvalue weighted by Gasteiger charge is -2.07. The van der Waals surface area contributed by atoms with Gasteiger partial charge < -0.3 is 27.9 Å². The Bertz CT molecular complexity index is 10600. The van der Waals surface area contributed by atoms with Crippen LogP contribution in [-0.4, -0.2) is 45.8 Å². The third-order valence-corrected chi connectivity index (χ3v) is 32.5. The first-order valence-electron chi connectivity index (χ1n) is 50.6. The lowest BCUT2D eigenvalue weighted by molar-refractivity contribution is 0.581. The van der Waals surface area contributed by atoms with Crippen molar-refractivity contribution < 1.29 is 4.42 Å². The second-order valence-corrected chi connectivity index (χ2v) is 39.8. The molecule has 14 aromatic heterocycles. The van der Waals surface area contributed by atoms with E-state index in [2.05, 4.69) is 531 Å². The summed E-state index contributed by atoms with van der Waals surface area (Å²) in [5, 5.41) is 25.6. The van der Waals surface area contributed by atoms with Gasteiger partial charge >= 0.3 is 0 Å². The minimum absolute atomic E-state index is 0.935. The maximum Gasteiger partial charge on any atom is 0.158 e. The summed E-state index contributed by atoms with van der Waals surface area (Å²) in [6, 6.07) is 166. The fourth-order valence-corrected chi connectivity index (χ4v) is 26.5. The molecular weight excluding hydrogens is 1820 g/mol. The molecule has 0 radical (unpaired) electrons. The van der Waals surface area contributed by atoms with Gasteiger partial charge in [0.15, 0.2) is 5.76 Å². The summed E-state index contributed by atoms with van der Waals surface area (Å²) in [5.41, 5.74) is 42.9.